The van der Waals surface area contributed by atoms with Crippen LogP contribution in [0.3, 0.4) is 0 Å². The van der Waals surface area contributed by atoms with Crippen molar-refractivity contribution in [3.8, 4) is 44.8 Å². The van der Waals surface area contributed by atoms with Crippen LogP contribution in [-0.2, 0) is 6.42 Å². The van der Waals surface area contributed by atoms with Crippen molar-refractivity contribution in [1.82, 2.24) is 9.13 Å². The molecule has 1 aliphatic carbocycles. The van der Waals surface area contributed by atoms with Crippen molar-refractivity contribution in [2.45, 2.75) is 12.8 Å². The number of para-hydroxylation sites is 3. The number of fused-ring (bicyclic) bond motifs is 6. The van der Waals surface area contributed by atoms with E-state index in [1.165, 1.54) is 71.9 Å². The van der Waals surface area contributed by atoms with Crippen molar-refractivity contribution in [1.29, 1.82) is 0 Å². The Bertz CT molecular complexity index is 4210. The van der Waals surface area contributed by atoms with Gasteiger partial charge in [-0.3, -0.25) is 0 Å². The lowest BCUT2D eigenvalue weighted by Gasteiger charge is -2.27. The van der Waals surface area contributed by atoms with Crippen LogP contribution in [0.25, 0.3) is 83.5 Å². The normalized spacial score (nSPS) is 12.1. The summed E-state index contributed by atoms with van der Waals surface area (Å²) in [6.07, 6.45) is 6.67. The molecule has 0 radical (unpaired) electrons. The van der Waals surface area contributed by atoms with Gasteiger partial charge in [-0.1, -0.05) is 170 Å². The third-order valence-electron chi connectivity index (χ3n) is 15.2. The van der Waals surface area contributed by atoms with E-state index in [-0.39, 0.29) is 0 Å². The van der Waals surface area contributed by atoms with Crippen LogP contribution in [0, 0.1) is 0 Å². The molecule has 0 saturated carbocycles. The largest absolute Gasteiger partial charge is 0.310 e. The zero-order valence-electron chi connectivity index (χ0n) is 41.9. The van der Waals surface area contributed by atoms with Crippen molar-refractivity contribution >= 4 is 72.9 Å². The zero-order valence-corrected chi connectivity index (χ0v) is 41.9. The van der Waals surface area contributed by atoms with Gasteiger partial charge in [0, 0.05) is 67.4 Å². The Morgan fingerprint density at radius 1 is 0.276 bits per heavy atom. The van der Waals surface area contributed by atoms with Gasteiger partial charge >= 0.3 is 0 Å². The highest BCUT2D eigenvalue weighted by Gasteiger charge is 2.22. The summed E-state index contributed by atoms with van der Waals surface area (Å²) in [6.45, 7) is 0. The van der Waals surface area contributed by atoms with Gasteiger partial charge in [0.2, 0.25) is 0 Å². The summed E-state index contributed by atoms with van der Waals surface area (Å²) >= 11 is 0. The lowest BCUT2D eigenvalue weighted by atomic mass is 10.00. The lowest BCUT2D eigenvalue weighted by molar-refractivity contribution is 0.967. The minimum atomic E-state index is 1.01. The predicted molar refractivity (Wildman–Crippen MR) is 321 cm³/mol. The molecule has 0 aliphatic heterocycles. The van der Waals surface area contributed by atoms with Gasteiger partial charge in [-0.05, 0) is 173 Å². The molecule has 0 unspecified atom stereocenters. The molecule has 0 N–H and O–H groups in total. The first-order chi connectivity index (χ1) is 37.7. The fourth-order valence-corrected chi connectivity index (χ4v) is 11.5. The fourth-order valence-electron chi connectivity index (χ4n) is 11.5. The first-order valence-corrected chi connectivity index (χ1v) is 26.3. The topological polar surface area (TPSA) is 16.3 Å². The molecule has 13 aromatic rings. The van der Waals surface area contributed by atoms with E-state index in [1.54, 1.807) is 0 Å². The number of aromatic nitrogens is 2. The molecule has 14 rings (SSSR count). The van der Waals surface area contributed by atoms with Crippen molar-refractivity contribution in [3.63, 3.8) is 0 Å². The molecule has 4 nitrogen and oxygen atoms in total. The van der Waals surface area contributed by atoms with E-state index in [2.05, 4.69) is 310 Å². The van der Waals surface area contributed by atoms with Crippen LogP contribution in [0.4, 0.5) is 34.1 Å². The van der Waals surface area contributed by atoms with Crippen LogP contribution in [0.1, 0.15) is 17.7 Å². The molecule has 0 spiro atoms. The Hall–Kier alpha value is -9.90. The highest BCUT2D eigenvalue weighted by Crippen LogP contribution is 2.44. The second-order valence-electron chi connectivity index (χ2n) is 19.7. The van der Waals surface area contributed by atoms with Crippen LogP contribution in [0.5, 0.6) is 0 Å². The molecule has 4 heteroatoms. The molecule has 0 atom stereocenters. The molecule has 1 aliphatic rings. The Morgan fingerprint density at radius 2 is 0.632 bits per heavy atom. The average Bonchev–Trinajstić information content (AvgIpc) is 4.04. The highest BCUT2D eigenvalue weighted by atomic mass is 15.1. The average molecular weight is 973 g/mol. The van der Waals surface area contributed by atoms with Gasteiger partial charge in [-0.15, -0.1) is 0 Å². The van der Waals surface area contributed by atoms with E-state index in [0.717, 1.165) is 63.8 Å². The van der Waals surface area contributed by atoms with Gasteiger partial charge < -0.3 is 18.9 Å². The summed E-state index contributed by atoms with van der Waals surface area (Å²) in [4.78, 5) is 4.79. The first kappa shape index (κ1) is 44.8. The van der Waals surface area contributed by atoms with Gasteiger partial charge in [0.1, 0.15) is 0 Å². The number of aryl methyl sites for hydroxylation is 1. The van der Waals surface area contributed by atoms with Gasteiger partial charge in [0.25, 0.3) is 0 Å². The van der Waals surface area contributed by atoms with Crippen molar-refractivity contribution in [3.05, 3.63) is 296 Å². The summed E-state index contributed by atoms with van der Waals surface area (Å²) in [5, 5.41) is 3.73. The second kappa shape index (κ2) is 19.2. The van der Waals surface area contributed by atoms with Crippen LogP contribution in [0.15, 0.2) is 285 Å². The number of allylic oxidation sites excluding steroid dienone is 1. The van der Waals surface area contributed by atoms with Crippen LogP contribution >= 0.6 is 0 Å². The van der Waals surface area contributed by atoms with Gasteiger partial charge in [-0.2, -0.15) is 0 Å². The van der Waals surface area contributed by atoms with Crippen LogP contribution in [0.2, 0.25) is 0 Å². The standard InChI is InChI=1S/C72H52N4/c1-5-17-51(18-6-1)53-29-37-59(38-30-53)73(63-45-47-71-67(49-63)65-25-13-15-27-69(65)75(71)57-21-9-3-10-22-57)61-41-33-55(34-42-61)56-35-43-62(44-36-56)74(60-39-31-54(32-40-60)52-19-7-2-8-20-52)64-46-48-72-68(50-64)66-26-14-16-28-70(66)76(72)58-23-11-4-12-24-58/h1-13,15-25,27-50H,14,26H2. The summed E-state index contributed by atoms with van der Waals surface area (Å²) in [5.41, 5.74) is 22.3. The number of nitrogens with zero attached hydrogens (tertiary/aromatic N) is 4. The summed E-state index contributed by atoms with van der Waals surface area (Å²) in [5.74, 6) is 0. The van der Waals surface area contributed by atoms with Gasteiger partial charge in [-0.25, -0.2) is 0 Å². The number of hydrogen-bond donors (Lipinski definition) is 0. The van der Waals surface area contributed by atoms with Gasteiger partial charge in [0.15, 0.2) is 0 Å². The molecule has 76 heavy (non-hydrogen) atoms. The molecular weight excluding hydrogens is 921 g/mol. The van der Waals surface area contributed by atoms with Crippen molar-refractivity contribution in [2.24, 2.45) is 0 Å². The maximum atomic E-state index is 2.42. The second-order valence-corrected chi connectivity index (χ2v) is 19.7. The molecule has 2 heterocycles. The predicted octanol–water partition coefficient (Wildman–Crippen LogP) is 19.6. The maximum absolute atomic E-state index is 2.42. The SMILES string of the molecule is C1=Cc2c(c3cc(N(c4ccc(-c5ccccc5)cc4)c4ccc(-c5ccc(N(c6ccc(-c7ccccc7)cc6)c6ccc7c(c6)c6ccccc6n7-c6ccccc6)cc5)cc4)ccc3n2-c2ccccc2)CC1. The molecule has 0 amide bonds. The third-order valence-corrected chi connectivity index (χ3v) is 15.2. The smallest absolute Gasteiger partial charge is 0.0542 e. The van der Waals surface area contributed by atoms with E-state index in [0.29, 0.717) is 0 Å². The monoisotopic (exact) mass is 972 g/mol. The summed E-state index contributed by atoms with van der Waals surface area (Å²) < 4.78 is 4.80. The number of anilines is 6. The molecule has 0 fully saturated rings. The van der Waals surface area contributed by atoms with Crippen molar-refractivity contribution < 1.29 is 0 Å². The minimum absolute atomic E-state index is 1.01. The molecule has 2 aromatic heterocycles. The number of benzene rings is 11. The van der Waals surface area contributed by atoms with Crippen LogP contribution < -0.4 is 9.80 Å². The Kier molecular flexibility index (Phi) is 11.3. The molecule has 0 saturated heterocycles. The Balaban J connectivity index is 0.839. The van der Waals surface area contributed by atoms with Gasteiger partial charge in [0.05, 0.1) is 16.6 Å². The molecule has 11 aromatic carbocycles. The summed E-state index contributed by atoms with van der Waals surface area (Å²) in [7, 11) is 0. The van der Waals surface area contributed by atoms with E-state index in [1.807, 2.05) is 0 Å². The summed E-state index contributed by atoms with van der Waals surface area (Å²) in [6, 6.07) is 101. The minimum Gasteiger partial charge on any atom is -0.310 e. The Labute approximate surface area is 443 Å². The van der Waals surface area contributed by atoms with E-state index >= 15 is 0 Å². The van der Waals surface area contributed by atoms with Crippen molar-refractivity contribution in [2.75, 3.05) is 9.80 Å². The van der Waals surface area contributed by atoms with Crippen LogP contribution in [-0.4, -0.2) is 9.13 Å². The lowest BCUT2D eigenvalue weighted by Crippen LogP contribution is -2.10. The fraction of sp³-hybridized carbons (Fsp3) is 0.0278. The first-order valence-electron chi connectivity index (χ1n) is 26.3. The quantitative estimate of drug-likeness (QED) is 0.128. The molecule has 0 bridgehead atoms. The molecule has 360 valence electrons. The number of hydrogen-bond acceptors (Lipinski definition) is 2. The van der Waals surface area contributed by atoms with E-state index < -0.39 is 0 Å². The van der Waals surface area contributed by atoms with E-state index in [9.17, 15) is 0 Å². The Morgan fingerprint density at radius 3 is 1.11 bits per heavy atom. The number of rotatable bonds is 11. The third kappa shape index (κ3) is 8.05. The molecular formula is C72H52N4. The van der Waals surface area contributed by atoms with E-state index in [4.69, 9.17) is 0 Å². The zero-order chi connectivity index (χ0) is 50.4. The highest BCUT2D eigenvalue weighted by molar-refractivity contribution is 6.11. The maximum Gasteiger partial charge on any atom is 0.0542 e.